The van der Waals surface area contributed by atoms with E-state index in [0.717, 1.165) is 81.0 Å². The molecule has 6 aromatic rings. The first-order chi connectivity index (χ1) is 25.5. The van der Waals surface area contributed by atoms with Gasteiger partial charge in [-0.15, -0.1) is 0 Å². The van der Waals surface area contributed by atoms with Crippen molar-refractivity contribution in [2.45, 2.75) is 51.3 Å². The van der Waals surface area contributed by atoms with E-state index in [4.69, 9.17) is 19.4 Å². The van der Waals surface area contributed by atoms with E-state index in [2.05, 4.69) is 143 Å². The van der Waals surface area contributed by atoms with Crippen LogP contribution >= 0.6 is 0 Å². The number of methoxy groups -OCH3 is 1. The van der Waals surface area contributed by atoms with Gasteiger partial charge in [0.05, 0.1) is 24.8 Å². The molecule has 7 heteroatoms. The van der Waals surface area contributed by atoms with Crippen LogP contribution in [0.1, 0.15) is 65.6 Å². The Bertz CT molecular complexity index is 2060. The van der Waals surface area contributed by atoms with Gasteiger partial charge in [0.15, 0.2) is 0 Å². The summed E-state index contributed by atoms with van der Waals surface area (Å²) in [5, 5.41) is 4.59. The number of hydrogen-bond acceptors (Lipinski definition) is 6. The number of aliphatic imine (C=N–C) groups is 1. The second-order valence-electron chi connectivity index (χ2n) is 13.6. The quantitative estimate of drug-likeness (QED) is 0.0966. The van der Waals surface area contributed by atoms with Crippen LogP contribution < -0.4 is 10.1 Å². The van der Waals surface area contributed by atoms with Crippen molar-refractivity contribution >= 4 is 22.6 Å². The minimum atomic E-state index is -0.734. The molecule has 7 nitrogen and oxygen atoms in total. The zero-order valence-electron chi connectivity index (χ0n) is 30.5. The Morgan fingerprint density at radius 1 is 0.904 bits per heavy atom. The number of anilines is 1. The molecule has 1 N–H and O–H groups in total. The fourth-order valence-electron chi connectivity index (χ4n) is 7.77. The number of nitrogens with one attached hydrogen (secondary N) is 1. The molecule has 4 aromatic carbocycles. The lowest BCUT2D eigenvalue weighted by atomic mass is 9.80. The number of ether oxygens (including phenoxy) is 2. The van der Waals surface area contributed by atoms with E-state index in [1.807, 2.05) is 20.0 Å². The van der Waals surface area contributed by atoms with Gasteiger partial charge in [-0.25, -0.2) is 9.97 Å². The van der Waals surface area contributed by atoms with Crippen molar-refractivity contribution in [2.24, 2.45) is 10.9 Å². The van der Waals surface area contributed by atoms with E-state index in [0.29, 0.717) is 19.1 Å². The summed E-state index contributed by atoms with van der Waals surface area (Å²) in [6, 6.07) is 38.4. The predicted molar refractivity (Wildman–Crippen MR) is 211 cm³/mol. The van der Waals surface area contributed by atoms with Gasteiger partial charge < -0.3 is 19.4 Å². The van der Waals surface area contributed by atoms with Crippen LogP contribution in [0.4, 0.5) is 5.82 Å². The maximum atomic E-state index is 7.27. The molecule has 1 saturated carbocycles. The number of aromatic nitrogens is 3. The SMILES string of the molecule is C/C=C\C(=NC)c1cn(C2CCC(COC(c3ccccc3)(c3ccccc3)c3ccccc3)C2)c2ncnc(NCc3ccc(C)cc3OC)c12. The van der Waals surface area contributed by atoms with Gasteiger partial charge in [0.25, 0.3) is 0 Å². The highest BCUT2D eigenvalue weighted by Gasteiger charge is 2.39. The molecule has 1 aliphatic carbocycles. The van der Waals surface area contributed by atoms with E-state index < -0.39 is 5.60 Å². The first kappa shape index (κ1) is 34.9. The second kappa shape index (κ2) is 15.8. The van der Waals surface area contributed by atoms with E-state index in [9.17, 15) is 0 Å². The summed E-state index contributed by atoms with van der Waals surface area (Å²) in [7, 11) is 3.55. The Hall–Kier alpha value is -5.53. The summed E-state index contributed by atoms with van der Waals surface area (Å²) < 4.78 is 15.3. The Labute approximate surface area is 307 Å². The highest BCUT2D eigenvalue weighted by molar-refractivity contribution is 6.18. The van der Waals surface area contributed by atoms with Gasteiger partial charge in [-0.3, -0.25) is 4.99 Å². The Morgan fingerprint density at radius 3 is 2.15 bits per heavy atom. The number of benzene rings is 4. The van der Waals surface area contributed by atoms with Crippen LogP contribution in [-0.2, 0) is 16.9 Å². The van der Waals surface area contributed by atoms with Crippen LogP contribution in [0.25, 0.3) is 11.0 Å². The lowest BCUT2D eigenvalue weighted by Crippen LogP contribution is -2.34. The largest absolute Gasteiger partial charge is 0.496 e. The van der Waals surface area contributed by atoms with Crippen LogP contribution in [0.15, 0.2) is 139 Å². The molecular weight excluding hydrogens is 643 g/mol. The van der Waals surface area contributed by atoms with Gasteiger partial charge in [0.1, 0.15) is 29.1 Å². The predicted octanol–water partition coefficient (Wildman–Crippen LogP) is 9.71. The lowest BCUT2D eigenvalue weighted by molar-refractivity contribution is -0.00762. The zero-order valence-corrected chi connectivity index (χ0v) is 30.5. The molecule has 0 saturated heterocycles. The standard InChI is InChI=1S/C45H47N5O2/c1-5-15-40(46-3)39-29-50(44-42(39)43(48-31-49-44)47-28-34-24-22-32(2)26-41(34)51-4)38-25-23-33(27-38)30-52-45(35-16-9-6-10-17-35,36-18-11-7-12-19-36)37-20-13-8-14-21-37/h5-22,24,26,29,31,33,38H,23,25,27-28,30H2,1-4H3,(H,47,48,49)/b15-5-,46-40?. The average molecular weight is 690 g/mol. The molecule has 2 heterocycles. The fraction of sp³-hybridized carbons (Fsp3) is 0.267. The van der Waals surface area contributed by atoms with Crippen molar-refractivity contribution in [3.8, 4) is 5.75 Å². The highest BCUT2D eigenvalue weighted by atomic mass is 16.5. The second-order valence-corrected chi connectivity index (χ2v) is 13.6. The third-order valence-corrected chi connectivity index (χ3v) is 10.3. The van der Waals surface area contributed by atoms with Gasteiger partial charge in [-0.2, -0.15) is 0 Å². The number of hydrogen-bond donors (Lipinski definition) is 1. The summed E-state index contributed by atoms with van der Waals surface area (Å²) >= 11 is 0. The molecule has 2 atom stereocenters. The Morgan fingerprint density at radius 2 is 1.56 bits per heavy atom. The third kappa shape index (κ3) is 6.89. The smallest absolute Gasteiger partial charge is 0.146 e. The maximum absolute atomic E-state index is 7.27. The molecule has 1 fully saturated rings. The van der Waals surface area contributed by atoms with E-state index in [1.54, 1.807) is 13.4 Å². The van der Waals surface area contributed by atoms with Crippen molar-refractivity contribution in [1.82, 2.24) is 14.5 Å². The van der Waals surface area contributed by atoms with Crippen molar-refractivity contribution < 1.29 is 9.47 Å². The number of rotatable bonds is 13. The minimum Gasteiger partial charge on any atom is -0.496 e. The molecule has 2 aromatic heterocycles. The molecule has 0 bridgehead atoms. The number of nitrogens with zero attached hydrogens (tertiary/aromatic N) is 4. The topological polar surface area (TPSA) is 73.6 Å². The summed E-state index contributed by atoms with van der Waals surface area (Å²) in [5.41, 5.74) is 7.68. The molecule has 0 amide bonds. The van der Waals surface area contributed by atoms with E-state index >= 15 is 0 Å². The molecule has 0 spiro atoms. The Kier molecular flexibility index (Phi) is 10.6. The molecule has 7 rings (SSSR count). The van der Waals surface area contributed by atoms with E-state index in [1.165, 1.54) is 0 Å². The van der Waals surface area contributed by atoms with Crippen LogP contribution in [0, 0.1) is 12.8 Å². The van der Waals surface area contributed by atoms with Crippen LogP contribution in [0.3, 0.4) is 0 Å². The van der Waals surface area contributed by atoms with Crippen molar-refractivity contribution in [1.29, 1.82) is 0 Å². The van der Waals surface area contributed by atoms with Gasteiger partial charge in [-0.1, -0.05) is 109 Å². The van der Waals surface area contributed by atoms with Gasteiger partial charge in [-0.05, 0) is 73.4 Å². The van der Waals surface area contributed by atoms with Crippen molar-refractivity contribution in [3.63, 3.8) is 0 Å². The fourth-order valence-corrected chi connectivity index (χ4v) is 7.77. The maximum Gasteiger partial charge on any atom is 0.146 e. The van der Waals surface area contributed by atoms with Crippen molar-refractivity contribution in [3.05, 3.63) is 167 Å². The monoisotopic (exact) mass is 689 g/mol. The normalized spacial score (nSPS) is 16.5. The highest BCUT2D eigenvalue weighted by Crippen LogP contribution is 2.44. The average Bonchev–Trinajstić information content (AvgIpc) is 3.83. The summed E-state index contributed by atoms with van der Waals surface area (Å²) in [5.74, 6) is 2.00. The molecular formula is C45H47N5O2. The summed E-state index contributed by atoms with van der Waals surface area (Å²) in [6.07, 6.45) is 11.0. The molecule has 0 radical (unpaired) electrons. The summed E-state index contributed by atoms with van der Waals surface area (Å²) in [6.45, 7) is 5.28. The molecule has 0 aliphatic heterocycles. The molecule has 1 aliphatic rings. The molecule has 52 heavy (non-hydrogen) atoms. The third-order valence-electron chi connectivity index (χ3n) is 10.3. The minimum absolute atomic E-state index is 0.257. The number of allylic oxidation sites excluding steroid dienone is 2. The number of fused-ring (bicyclic) bond motifs is 1. The Balaban J connectivity index is 1.20. The lowest BCUT2D eigenvalue weighted by Gasteiger charge is -2.37. The first-order valence-corrected chi connectivity index (χ1v) is 18.2. The van der Waals surface area contributed by atoms with Crippen molar-refractivity contribution in [2.75, 3.05) is 26.1 Å². The van der Waals surface area contributed by atoms with Crippen LogP contribution in [-0.4, -0.2) is 41.0 Å². The van der Waals surface area contributed by atoms with Gasteiger partial charge >= 0.3 is 0 Å². The summed E-state index contributed by atoms with van der Waals surface area (Å²) in [4.78, 5) is 14.3. The number of aryl methyl sites for hydroxylation is 1. The molecule has 264 valence electrons. The zero-order chi connectivity index (χ0) is 35.9. The van der Waals surface area contributed by atoms with E-state index in [-0.39, 0.29) is 6.04 Å². The van der Waals surface area contributed by atoms with Crippen LogP contribution in [0.2, 0.25) is 0 Å². The van der Waals surface area contributed by atoms with Gasteiger partial charge in [0.2, 0.25) is 0 Å². The van der Waals surface area contributed by atoms with Gasteiger partial charge in [0, 0.05) is 37.0 Å². The first-order valence-electron chi connectivity index (χ1n) is 18.2. The molecule has 2 unspecified atom stereocenters. The van der Waals surface area contributed by atoms with Crippen LogP contribution in [0.5, 0.6) is 5.75 Å².